The SMILES string of the molecule is CCCCCCCCCc1c(-c2ccc(O)cc2)ssc1=S. The second-order valence-corrected chi connectivity index (χ2v) is 8.50. The van der Waals surface area contributed by atoms with Crippen LogP contribution in [0.3, 0.4) is 0 Å². The second kappa shape index (κ2) is 9.43. The first-order valence-corrected chi connectivity index (χ1v) is 10.7. The van der Waals surface area contributed by atoms with Crippen molar-refractivity contribution in [3.63, 3.8) is 0 Å². The first kappa shape index (κ1) is 17.6. The normalized spacial score (nSPS) is 11.0. The molecule has 1 nitrogen and oxygen atoms in total. The smallest absolute Gasteiger partial charge is 0.115 e. The van der Waals surface area contributed by atoms with Gasteiger partial charge in [-0.1, -0.05) is 78.3 Å². The summed E-state index contributed by atoms with van der Waals surface area (Å²) in [6.45, 7) is 2.26. The predicted octanol–water partition coefficient (Wildman–Crippen LogP) is 7.20. The maximum atomic E-state index is 9.43. The van der Waals surface area contributed by atoms with Crippen LogP contribution in [0.4, 0.5) is 0 Å². The second-order valence-electron chi connectivity index (χ2n) is 5.68. The molecule has 0 aliphatic rings. The van der Waals surface area contributed by atoms with Crippen molar-refractivity contribution < 1.29 is 5.11 Å². The molecule has 0 bridgehead atoms. The van der Waals surface area contributed by atoms with Gasteiger partial charge in [0.05, 0.1) is 4.88 Å². The van der Waals surface area contributed by atoms with Gasteiger partial charge < -0.3 is 5.11 Å². The van der Waals surface area contributed by atoms with Crippen LogP contribution in [0.1, 0.15) is 57.4 Å². The van der Waals surface area contributed by atoms with E-state index in [-0.39, 0.29) is 0 Å². The average molecular weight is 353 g/mol. The van der Waals surface area contributed by atoms with Crippen LogP contribution < -0.4 is 0 Å². The molecule has 0 aliphatic carbocycles. The van der Waals surface area contributed by atoms with Crippen molar-refractivity contribution in [1.82, 2.24) is 0 Å². The van der Waals surface area contributed by atoms with Gasteiger partial charge in [-0.25, -0.2) is 0 Å². The highest BCUT2D eigenvalue weighted by Crippen LogP contribution is 2.36. The average Bonchev–Trinajstić information content (AvgIpc) is 2.88. The van der Waals surface area contributed by atoms with Gasteiger partial charge in [0.25, 0.3) is 0 Å². The van der Waals surface area contributed by atoms with E-state index in [9.17, 15) is 5.11 Å². The molecule has 0 spiro atoms. The van der Waals surface area contributed by atoms with Crippen LogP contribution >= 0.6 is 32.9 Å². The largest absolute Gasteiger partial charge is 0.508 e. The highest BCUT2D eigenvalue weighted by molar-refractivity contribution is 7.80. The summed E-state index contributed by atoms with van der Waals surface area (Å²) in [7, 11) is 3.46. The molecule has 1 heterocycles. The fraction of sp³-hybridized carbons (Fsp3) is 0.500. The number of hydrogen-bond acceptors (Lipinski definition) is 4. The van der Waals surface area contributed by atoms with Gasteiger partial charge in [-0.3, -0.25) is 0 Å². The lowest BCUT2D eigenvalue weighted by molar-refractivity contribution is 0.475. The van der Waals surface area contributed by atoms with Crippen LogP contribution in [0.5, 0.6) is 5.75 Å². The molecule has 22 heavy (non-hydrogen) atoms. The fourth-order valence-corrected chi connectivity index (χ4v) is 5.59. The van der Waals surface area contributed by atoms with Crippen LogP contribution in [-0.2, 0) is 6.42 Å². The van der Waals surface area contributed by atoms with Crippen molar-refractivity contribution in [2.24, 2.45) is 0 Å². The number of benzene rings is 1. The zero-order valence-electron chi connectivity index (χ0n) is 13.1. The first-order chi connectivity index (χ1) is 10.7. The molecule has 0 aliphatic heterocycles. The van der Waals surface area contributed by atoms with Gasteiger partial charge in [0, 0.05) is 0 Å². The molecule has 0 atom stereocenters. The molecule has 0 amide bonds. The number of phenolic OH excluding ortho intramolecular Hbond substituents is 1. The molecule has 1 N–H and O–H groups in total. The van der Waals surface area contributed by atoms with Crippen molar-refractivity contribution in [3.8, 4) is 16.2 Å². The van der Waals surface area contributed by atoms with Gasteiger partial charge in [-0.2, -0.15) is 0 Å². The molecule has 2 rings (SSSR count). The van der Waals surface area contributed by atoms with Crippen molar-refractivity contribution in [3.05, 3.63) is 33.7 Å². The van der Waals surface area contributed by atoms with Crippen LogP contribution in [0, 0.1) is 3.82 Å². The Kier molecular flexibility index (Phi) is 7.56. The van der Waals surface area contributed by atoms with E-state index < -0.39 is 0 Å². The van der Waals surface area contributed by atoms with Gasteiger partial charge in [0.2, 0.25) is 0 Å². The zero-order chi connectivity index (χ0) is 15.8. The minimum Gasteiger partial charge on any atom is -0.508 e. The number of unbranched alkanes of at least 4 members (excludes halogenated alkanes) is 6. The van der Waals surface area contributed by atoms with Crippen LogP contribution in [0.2, 0.25) is 0 Å². The molecule has 1 aromatic heterocycles. The van der Waals surface area contributed by atoms with Crippen LogP contribution in [-0.4, -0.2) is 5.11 Å². The molecule has 0 saturated carbocycles. The van der Waals surface area contributed by atoms with Crippen LogP contribution in [0.15, 0.2) is 24.3 Å². The van der Waals surface area contributed by atoms with Crippen molar-refractivity contribution in [2.75, 3.05) is 0 Å². The summed E-state index contributed by atoms with van der Waals surface area (Å²) in [5.41, 5.74) is 2.51. The Bertz CT molecular complexity index is 610. The minimum absolute atomic E-state index is 0.316. The molecule has 4 heteroatoms. The van der Waals surface area contributed by atoms with Gasteiger partial charge in [0.1, 0.15) is 9.57 Å². The minimum atomic E-state index is 0.316. The van der Waals surface area contributed by atoms with E-state index in [4.69, 9.17) is 12.2 Å². The third-order valence-electron chi connectivity index (χ3n) is 3.88. The molecule has 1 aromatic carbocycles. The topological polar surface area (TPSA) is 20.2 Å². The van der Waals surface area contributed by atoms with E-state index >= 15 is 0 Å². The third-order valence-corrected chi connectivity index (χ3v) is 7.07. The first-order valence-electron chi connectivity index (χ1n) is 8.13. The Hall–Kier alpha value is -0.710. The molecule has 0 saturated heterocycles. The Labute approximate surface area is 146 Å². The maximum absolute atomic E-state index is 9.43. The molecule has 2 aromatic rings. The standard InChI is InChI=1S/C18H24OS3/c1-2-3-4-5-6-7-8-9-16-17(21-22-18(16)20)14-10-12-15(19)13-11-14/h10-13,19H,2-9H2,1H3. The summed E-state index contributed by atoms with van der Waals surface area (Å²) in [6.07, 6.45) is 10.4. The lowest BCUT2D eigenvalue weighted by atomic mass is 10.0. The Morgan fingerprint density at radius 1 is 0.909 bits per heavy atom. The number of phenols is 1. The van der Waals surface area contributed by atoms with E-state index in [1.54, 1.807) is 32.8 Å². The Morgan fingerprint density at radius 3 is 2.23 bits per heavy atom. The van der Waals surface area contributed by atoms with E-state index in [0.29, 0.717) is 5.75 Å². The van der Waals surface area contributed by atoms with Gasteiger partial charge >= 0.3 is 0 Å². The van der Waals surface area contributed by atoms with Gasteiger partial charge in [0.15, 0.2) is 0 Å². The predicted molar refractivity (Wildman–Crippen MR) is 102 cm³/mol. The van der Waals surface area contributed by atoms with E-state index in [1.807, 2.05) is 12.1 Å². The van der Waals surface area contributed by atoms with E-state index in [0.717, 1.165) is 10.2 Å². The number of rotatable bonds is 9. The lowest BCUT2D eigenvalue weighted by Gasteiger charge is -2.04. The van der Waals surface area contributed by atoms with Crippen molar-refractivity contribution in [2.45, 2.75) is 58.3 Å². The molecular weight excluding hydrogens is 328 g/mol. The number of hydrogen-bond donors (Lipinski definition) is 1. The fourth-order valence-electron chi connectivity index (χ4n) is 2.58. The number of aromatic hydroxyl groups is 1. The summed E-state index contributed by atoms with van der Waals surface area (Å²) in [5.74, 6) is 0.316. The van der Waals surface area contributed by atoms with E-state index in [2.05, 4.69) is 6.92 Å². The summed E-state index contributed by atoms with van der Waals surface area (Å²) < 4.78 is 1.04. The maximum Gasteiger partial charge on any atom is 0.115 e. The molecule has 120 valence electrons. The summed E-state index contributed by atoms with van der Waals surface area (Å²) >= 11 is 5.51. The third kappa shape index (κ3) is 5.18. The Balaban J connectivity index is 1.90. The quantitative estimate of drug-likeness (QED) is 0.292. The highest BCUT2D eigenvalue weighted by Gasteiger charge is 2.10. The van der Waals surface area contributed by atoms with E-state index in [1.165, 1.54) is 60.9 Å². The molecule has 0 radical (unpaired) electrons. The van der Waals surface area contributed by atoms with Crippen molar-refractivity contribution >= 4 is 32.9 Å². The highest BCUT2D eigenvalue weighted by atomic mass is 32.9. The van der Waals surface area contributed by atoms with Gasteiger partial charge in [-0.15, -0.1) is 0 Å². The Morgan fingerprint density at radius 2 is 1.55 bits per heavy atom. The summed E-state index contributed by atoms with van der Waals surface area (Å²) in [6, 6.07) is 7.47. The monoisotopic (exact) mass is 352 g/mol. The zero-order valence-corrected chi connectivity index (χ0v) is 15.6. The summed E-state index contributed by atoms with van der Waals surface area (Å²) in [4.78, 5) is 1.29. The van der Waals surface area contributed by atoms with Crippen LogP contribution in [0.25, 0.3) is 10.4 Å². The van der Waals surface area contributed by atoms with Gasteiger partial charge in [-0.05, 0) is 48.2 Å². The van der Waals surface area contributed by atoms with Crippen molar-refractivity contribution in [1.29, 1.82) is 0 Å². The lowest BCUT2D eigenvalue weighted by Crippen LogP contribution is -1.88. The molecule has 0 fully saturated rings. The molecule has 0 unspecified atom stereocenters. The summed E-state index contributed by atoms with van der Waals surface area (Å²) in [5, 5.41) is 9.43. The molecular formula is C18H24OS3.